The van der Waals surface area contributed by atoms with Crippen molar-refractivity contribution in [3.8, 4) is 0 Å². The molecule has 0 heterocycles. The number of hydrogen-bond donors (Lipinski definition) is 1. The van der Waals surface area contributed by atoms with Crippen molar-refractivity contribution in [3.05, 3.63) is 35.4 Å². The lowest BCUT2D eigenvalue weighted by Gasteiger charge is -2.13. The molecule has 0 saturated carbocycles. The highest BCUT2D eigenvalue weighted by Gasteiger charge is 2.27. The van der Waals surface area contributed by atoms with Gasteiger partial charge in [-0.15, -0.1) is 0 Å². The summed E-state index contributed by atoms with van der Waals surface area (Å²) in [5, 5.41) is -1.30. The Kier molecular flexibility index (Phi) is 6.51. The number of methoxy groups -OCH3 is 1. The third kappa shape index (κ3) is 5.45. The molecule has 0 aromatic heterocycles. The molecule has 0 aliphatic heterocycles. The van der Waals surface area contributed by atoms with E-state index in [1.165, 1.54) is 31.4 Å². The third-order valence-electron chi connectivity index (χ3n) is 2.96. The number of hydrogen-bond acceptors (Lipinski definition) is 6. The number of carbonyl (C=O) groups is 2. The Hall–Kier alpha value is -1.93. The molecule has 1 rings (SSSR count). The van der Waals surface area contributed by atoms with E-state index in [0.717, 1.165) is 0 Å². The predicted octanol–water partition coefficient (Wildman–Crippen LogP) is 1.23. The van der Waals surface area contributed by atoms with Crippen LogP contribution in [0, 0.1) is 0 Å². The van der Waals surface area contributed by atoms with Crippen molar-refractivity contribution in [1.82, 2.24) is 0 Å². The molecule has 0 bridgehead atoms. The van der Waals surface area contributed by atoms with Crippen LogP contribution in [0.15, 0.2) is 24.3 Å². The van der Waals surface area contributed by atoms with Gasteiger partial charge in [0.25, 0.3) is 10.1 Å². The minimum absolute atomic E-state index is 0.0703. The van der Waals surface area contributed by atoms with Gasteiger partial charge in [-0.3, -0.25) is 9.35 Å². The molecule has 22 heavy (non-hydrogen) atoms. The molecular weight excluding hydrogens is 312 g/mol. The van der Waals surface area contributed by atoms with Gasteiger partial charge in [-0.05, 0) is 31.0 Å². The largest absolute Gasteiger partial charge is 0.466 e. The Morgan fingerprint density at radius 1 is 1.23 bits per heavy atom. The monoisotopic (exact) mass is 330 g/mol. The van der Waals surface area contributed by atoms with E-state index >= 15 is 0 Å². The summed E-state index contributed by atoms with van der Waals surface area (Å²) in [6, 6.07) is 6.03. The Morgan fingerprint density at radius 3 is 2.27 bits per heavy atom. The van der Waals surface area contributed by atoms with Crippen molar-refractivity contribution < 1.29 is 32.0 Å². The van der Waals surface area contributed by atoms with Crippen molar-refractivity contribution >= 4 is 22.1 Å². The number of ether oxygens (including phenoxy) is 2. The fraction of sp³-hybridized carbons (Fsp3) is 0.429. The lowest BCUT2D eigenvalue weighted by Crippen LogP contribution is -2.27. The predicted molar refractivity (Wildman–Crippen MR) is 78.1 cm³/mol. The molecule has 7 nitrogen and oxygen atoms in total. The Bertz CT molecular complexity index is 619. The first-order valence-corrected chi connectivity index (χ1v) is 8.07. The van der Waals surface area contributed by atoms with Crippen LogP contribution in [0.1, 0.15) is 29.3 Å². The van der Waals surface area contributed by atoms with Crippen LogP contribution >= 0.6 is 0 Å². The molecule has 1 unspecified atom stereocenters. The number of carbonyl (C=O) groups excluding carboxylic acids is 2. The van der Waals surface area contributed by atoms with E-state index in [0.29, 0.717) is 11.1 Å². The molecular formula is C14H18O7S. The fourth-order valence-electron chi connectivity index (χ4n) is 1.85. The van der Waals surface area contributed by atoms with Crippen LogP contribution in [0.3, 0.4) is 0 Å². The van der Waals surface area contributed by atoms with Gasteiger partial charge in [0.2, 0.25) is 0 Å². The number of benzene rings is 1. The summed E-state index contributed by atoms with van der Waals surface area (Å²) in [5.74, 6) is -1.21. The van der Waals surface area contributed by atoms with E-state index in [-0.39, 0.29) is 13.0 Å². The molecule has 0 radical (unpaired) electrons. The molecule has 1 aromatic carbocycles. The molecule has 8 heteroatoms. The molecule has 1 atom stereocenters. The first-order valence-electron chi connectivity index (χ1n) is 6.57. The van der Waals surface area contributed by atoms with Crippen LogP contribution in [-0.4, -0.2) is 43.9 Å². The summed E-state index contributed by atoms with van der Waals surface area (Å²) in [6.45, 7) is 1.73. The maximum atomic E-state index is 11.4. The van der Waals surface area contributed by atoms with Gasteiger partial charge < -0.3 is 9.47 Å². The van der Waals surface area contributed by atoms with Crippen LogP contribution in [0.2, 0.25) is 0 Å². The zero-order valence-corrected chi connectivity index (χ0v) is 13.1. The molecule has 0 amide bonds. The van der Waals surface area contributed by atoms with Gasteiger partial charge in [0.1, 0.15) is 5.25 Å². The molecule has 0 aliphatic carbocycles. The zero-order valence-electron chi connectivity index (χ0n) is 12.3. The topological polar surface area (TPSA) is 107 Å². The van der Waals surface area contributed by atoms with Crippen molar-refractivity contribution in [2.24, 2.45) is 0 Å². The fourth-order valence-corrected chi connectivity index (χ4v) is 2.60. The summed E-state index contributed by atoms with van der Waals surface area (Å²) in [4.78, 5) is 22.7. The van der Waals surface area contributed by atoms with Gasteiger partial charge in [-0.1, -0.05) is 12.1 Å². The van der Waals surface area contributed by atoms with E-state index in [1.54, 1.807) is 6.92 Å². The second-order valence-electron chi connectivity index (χ2n) is 4.54. The van der Waals surface area contributed by atoms with E-state index in [4.69, 9.17) is 4.74 Å². The van der Waals surface area contributed by atoms with Crippen LogP contribution in [0.25, 0.3) is 0 Å². The highest BCUT2D eigenvalue weighted by Crippen LogP contribution is 2.15. The second-order valence-corrected chi connectivity index (χ2v) is 6.24. The normalized spacial score (nSPS) is 12.5. The van der Waals surface area contributed by atoms with Crippen LogP contribution in [0.5, 0.6) is 0 Å². The van der Waals surface area contributed by atoms with Gasteiger partial charge in [0.05, 0.1) is 25.7 Å². The Balaban J connectivity index is 2.86. The molecule has 0 fully saturated rings. The lowest BCUT2D eigenvalue weighted by atomic mass is 10.1. The summed E-state index contributed by atoms with van der Waals surface area (Å²) in [5.41, 5.74) is 0.875. The zero-order chi connectivity index (χ0) is 16.8. The standard InChI is InChI=1S/C14H18O7S/c1-3-21-13(15)9-12(22(17,18)19)8-10-4-6-11(7-5-10)14(16)20-2/h4-7,12H,3,8-9H2,1-2H3,(H,17,18,19). The quantitative estimate of drug-likeness (QED) is 0.591. The van der Waals surface area contributed by atoms with Crippen molar-refractivity contribution in [1.29, 1.82) is 0 Å². The Labute approximate surface area is 129 Å². The van der Waals surface area contributed by atoms with E-state index in [2.05, 4.69) is 4.74 Å². The third-order valence-corrected chi connectivity index (χ3v) is 4.14. The van der Waals surface area contributed by atoms with Gasteiger partial charge >= 0.3 is 11.9 Å². The first kappa shape index (κ1) is 18.1. The lowest BCUT2D eigenvalue weighted by molar-refractivity contribution is -0.143. The smallest absolute Gasteiger partial charge is 0.337 e. The highest BCUT2D eigenvalue weighted by atomic mass is 32.2. The van der Waals surface area contributed by atoms with Crippen molar-refractivity contribution in [2.75, 3.05) is 13.7 Å². The number of rotatable bonds is 7. The minimum Gasteiger partial charge on any atom is -0.466 e. The summed E-state index contributed by atoms with van der Waals surface area (Å²) >= 11 is 0. The number of esters is 2. The van der Waals surface area contributed by atoms with E-state index in [1.807, 2.05) is 0 Å². The van der Waals surface area contributed by atoms with Gasteiger partial charge in [-0.25, -0.2) is 4.79 Å². The van der Waals surface area contributed by atoms with E-state index in [9.17, 15) is 22.6 Å². The average Bonchev–Trinajstić information content (AvgIpc) is 2.46. The Morgan fingerprint density at radius 2 is 1.82 bits per heavy atom. The highest BCUT2D eigenvalue weighted by molar-refractivity contribution is 7.86. The van der Waals surface area contributed by atoms with Gasteiger partial charge in [0.15, 0.2) is 0 Å². The molecule has 1 N–H and O–H groups in total. The summed E-state index contributed by atoms with van der Waals surface area (Å²) in [6.07, 6.45) is -0.509. The van der Waals surface area contributed by atoms with Crippen LogP contribution < -0.4 is 0 Å². The molecule has 1 aromatic rings. The SMILES string of the molecule is CCOC(=O)CC(Cc1ccc(C(=O)OC)cc1)S(=O)(=O)O. The molecule has 122 valence electrons. The molecule has 0 aliphatic rings. The maximum absolute atomic E-state index is 11.4. The summed E-state index contributed by atoms with van der Waals surface area (Å²) < 4.78 is 41.2. The second kappa shape index (κ2) is 7.90. The minimum atomic E-state index is -4.40. The van der Waals surface area contributed by atoms with Crippen LogP contribution in [-0.2, 0) is 30.8 Å². The maximum Gasteiger partial charge on any atom is 0.337 e. The van der Waals surface area contributed by atoms with Gasteiger partial charge in [0, 0.05) is 0 Å². The molecule has 0 saturated heterocycles. The van der Waals surface area contributed by atoms with Gasteiger partial charge in [-0.2, -0.15) is 8.42 Å². The van der Waals surface area contributed by atoms with Crippen LogP contribution in [0.4, 0.5) is 0 Å². The average molecular weight is 330 g/mol. The first-order chi connectivity index (χ1) is 10.3. The van der Waals surface area contributed by atoms with Crippen molar-refractivity contribution in [2.45, 2.75) is 25.0 Å². The molecule has 0 spiro atoms. The van der Waals surface area contributed by atoms with Crippen molar-refractivity contribution in [3.63, 3.8) is 0 Å². The summed E-state index contributed by atoms with van der Waals surface area (Å²) in [7, 11) is -3.15. The van der Waals surface area contributed by atoms with E-state index < -0.39 is 33.7 Å².